The van der Waals surface area contributed by atoms with E-state index in [-0.39, 0.29) is 35.4 Å². The molecule has 2 heterocycles. The fourth-order valence-electron chi connectivity index (χ4n) is 3.86. The topological polar surface area (TPSA) is 94.0 Å². The molecule has 3 aromatic rings. The fraction of sp³-hybridized carbons (Fsp3) is 0.261. The van der Waals surface area contributed by atoms with Crippen LogP contribution in [0.4, 0.5) is 4.39 Å². The third-order valence-corrected chi connectivity index (χ3v) is 5.56. The molecular weight excluding hydrogens is 397 g/mol. The molecule has 2 aromatic carbocycles. The molecule has 1 fully saturated rings. The number of ether oxygens (including phenoxy) is 1. The van der Waals surface area contributed by atoms with Gasteiger partial charge >= 0.3 is 0 Å². The molecule has 0 bridgehead atoms. The van der Waals surface area contributed by atoms with Gasteiger partial charge < -0.3 is 15.0 Å². The Balaban J connectivity index is 1.52. The van der Waals surface area contributed by atoms with Gasteiger partial charge in [-0.2, -0.15) is 10.4 Å². The number of rotatable bonds is 5. The van der Waals surface area contributed by atoms with Crippen LogP contribution in [0.15, 0.2) is 54.6 Å². The zero-order chi connectivity index (χ0) is 22.0. The van der Waals surface area contributed by atoms with E-state index in [1.54, 1.807) is 29.2 Å². The van der Waals surface area contributed by atoms with E-state index < -0.39 is 0 Å². The first-order chi connectivity index (χ1) is 15.0. The van der Waals surface area contributed by atoms with Crippen LogP contribution in [0, 0.1) is 23.2 Å². The number of halogens is 1. The lowest BCUT2D eigenvalue weighted by Gasteiger charge is -2.21. The third kappa shape index (κ3) is 4.21. The van der Waals surface area contributed by atoms with Gasteiger partial charge in [0.25, 0.3) is 5.91 Å². The summed E-state index contributed by atoms with van der Waals surface area (Å²) >= 11 is 0. The van der Waals surface area contributed by atoms with Crippen molar-refractivity contribution < 1.29 is 13.9 Å². The van der Waals surface area contributed by atoms with Crippen molar-refractivity contribution in [1.82, 2.24) is 20.4 Å². The molecular formula is C23H22FN5O2. The number of aromatic nitrogens is 2. The minimum absolute atomic E-state index is 0.0767. The number of para-hydroxylation sites is 1. The van der Waals surface area contributed by atoms with Gasteiger partial charge in [0.1, 0.15) is 17.3 Å². The molecule has 3 atom stereocenters. The Morgan fingerprint density at radius 2 is 2.00 bits per heavy atom. The first kappa shape index (κ1) is 20.4. The van der Waals surface area contributed by atoms with Gasteiger partial charge in [-0.05, 0) is 55.3 Å². The van der Waals surface area contributed by atoms with Gasteiger partial charge in [-0.15, -0.1) is 0 Å². The molecule has 4 rings (SSSR count). The average molecular weight is 419 g/mol. The number of likely N-dealkylation sites (tertiary alicyclic amines) is 1. The number of aromatic amines is 1. The molecule has 8 heteroatoms. The minimum Gasteiger partial charge on any atom is -0.457 e. The maximum Gasteiger partial charge on any atom is 0.272 e. The van der Waals surface area contributed by atoms with E-state index in [1.807, 2.05) is 32.0 Å². The number of nitrogens with one attached hydrogen (secondary N) is 2. The molecule has 1 amide bonds. The van der Waals surface area contributed by atoms with Crippen LogP contribution in [-0.2, 0) is 0 Å². The van der Waals surface area contributed by atoms with Crippen LogP contribution < -0.4 is 10.1 Å². The lowest BCUT2D eigenvalue weighted by Crippen LogP contribution is -2.44. The summed E-state index contributed by atoms with van der Waals surface area (Å²) in [7, 11) is 0. The quantitative estimate of drug-likeness (QED) is 0.611. The summed E-state index contributed by atoms with van der Waals surface area (Å²) in [5.41, 5.74) is 1.59. The number of carbonyl (C=O) groups is 1. The SMILES string of the molecule is CC1CN(C#N)C(C)[C@@H]1NC(=O)c1cc(-c2ccccc2Oc2ccc(F)cc2)[nH]n1. The van der Waals surface area contributed by atoms with E-state index in [0.717, 1.165) is 5.56 Å². The highest BCUT2D eigenvalue weighted by Gasteiger charge is 2.37. The largest absolute Gasteiger partial charge is 0.457 e. The van der Waals surface area contributed by atoms with Gasteiger partial charge in [-0.25, -0.2) is 4.39 Å². The molecule has 0 radical (unpaired) electrons. The Labute approximate surface area is 179 Å². The van der Waals surface area contributed by atoms with Gasteiger partial charge in [-0.1, -0.05) is 19.1 Å². The van der Waals surface area contributed by atoms with Crippen molar-refractivity contribution in [2.75, 3.05) is 6.54 Å². The van der Waals surface area contributed by atoms with Gasteiger partial charge in [0.2, 0.25) is 0 Å². The maximum absolute atomic E-state index is 13.2. The smallest absolute Gasteiger partial charge is 0.272 e. The van der Waals surface area contributed by atoms with Gasteiger partial charge in [0.05, 0.1) is 17.8 Å². The molecule has 158 valence electrons. The number of carbonyl (C=O) groups excluding carboxylic acids is 1. The Hall–Kier alpha value is -3.86. The van der Waals surface area contributed by atoms with Crippen LogP contribution >= 0.6 is 0 Å². The Bertz CT molecular complexity index is 1120. The van der Waals surface area contributed by atoms with E-state index in [1.165, 1.54) is 12.1 Å². The minimum atomic E-state index is -0.339. The fourth-order valence-corrected chi connectivity index (χ4v) is 3.86. The molecule has 0 spiro atoms. The number of H-pyrrole nitrogens is 1. The monoisotopic (exact) mass is 419 g/mol. The summed E-state index contributed by atoms with van der Waals surface area (Å²) in [6, 6.07) is 14.5. The summed E-state index contributed by atoms with van der Waals surface area (Å²) in [5.74, 6) is 0.559. The first-order valence-electron chi connectivity index (χ1n) is 10.0. The molecule has 1 saturated heterocycles. The van der Waals surface area contributed by atoms with E-state index in [9.17, 15) is 14.4 Å². The van der Waals surface area contributed by atoms with Crippen LogP contribution in [0.2, 0.25) is 0 Å². The number of benzene rings is 2. The van der Waals surface area contributed by atoms with Crippen molar-refractivity contribution in [3.05, 3.63) is 66.1 Å². The molecule has 0 aliphatic carbocycles. The summed E-state index contributed by atoms with van der Waals surface area (Å²) in [5, 5.41) is 19.3. The molecule has 7 nitrogen and oxygen atoms in total. The average Bonchev–Trinajstić information content (AvgIpc) is 3.36. The summed E-state index contributed by atoms with van der Waals surface area (Å²) in [6.45, 7) is 4.55. The van der Waals surface area contributed by atoms with Crippen LogP contribution in [-0.4, -0.2) is 39.6 Å². The zero-order valence-electron chi connectivity index (χ0n) is 17.2. The number of nitrogens with zero attached hydrogens (tertiary/aromatic N) is 3. The van der Waals surface area contributed by atoms with E-state index in [4.69, 9.17) is 4.74 Å². The predicted octanol–water partition coefficient (Wildman–Crippen LogP) is 3.93. The molecule has 31 heavy (non-hydrogen) atoms. The summed E-state index contributed by atoms with van der Waals surface area (Å²) < 4.78 is 19.1. The lowest BCUT2D eigenvalue weighted by atomic mass is 10.0. The second-order valence-corrected chi connectivity index (χ2v) is 7.69. The highest BCUT2D eigenvalue weighted by molar-refractivity contribution is 5.93. The molecule has 1 aromatic heterocycles. The second-order valence-electron chi connectivity index (χ2n) is 7.69. The molecule has 0 saturated carbocycles. The Kier molecular flexibility index (Phi) is 5.58. The predicted molar refractivity (Wildman–Crippen MR) is 113 cm³/mol. The van der Waals surface area contributed by atoms with Crippen LogP contribution in [0.3, 0.4) is 0 Å². The normalized spacial score (nSPS) is 20.3. The first-order valence-corrected chi connectivity index (χ1v) is 10.0. The molecule has 1 aliphatic heterocycles. The molecule has 2 N–H and O–H groups in total. The van der Waals surface area contributed by atoms with Crippen molar-refractivity contribution in [2.45, 2.75) is 25.9 Å². The second kappa shape index (κ2) is 8.48. The van der Waals surface area contributed by atoms with Gasteiger partial charge in [-0.3, -0.25) is 9.89 Å². The van der Waals surface area contributed by atoms with Gasteiger partial charge in [0, 0.05) is 12.1 Å². The summed E-state index contributed by atoms with van der Waals surface area (Å²) in [6.07, 6.45) is 2.17. The highest BCUT2D eigenvalue weighted by atomic mass is 19.1. The van der Waals surface area contributed by atoms with Crippen molar-refractivity contribution >= 4 is 5.91 Å². The zero-order valence-corrected chi connectivity index (χ0v) is 17.2. The van der Waals surface area contributed by atoms with Crippen molar-refractivity contribution in [3.8, 4) is 28.9 Å². The van der Waals surface area contributed by atoms with Crippen LogP contribution in [0.5, 0.6) is 11.5 Å². The third-order valence-electron chi connectivity index (χ3n) is 5.56. The number of hydrogen-bond acceptors (Lipinski definition) is 5. The standard InChI is InChI=1S/C23H22FN5O2/c1-14-12-29(13-25)15(2)22(14)26-23(30)20-11-19(27-28-20)18-5-3-4-6-21(18)31-17-9-7-16(24)8-10-17/h3-11,14-15,22H,12H2,1-2H3,(H,26,30)(H,27,28)/t14?,15?,22-/m1/s1. The maximum atomic E-state index is 13.2. The van der Waals surface area contributed by atoms with E-state index in [0.29, 0.717) is 23.7 Å². The number of amides is 1. The van der Waals surface area contributed by atoms with Gasteiger partial charge in [0.15, 0.2) is 11.9 Å². The molecule has 2 unspecified atom stereocenters. The highest BCUT2D eigenvalue weighted by Crippen LogP contribution is 2.32. The molecule has 1 aliphatic rings. The van der Waals surface area contributed by atoms with E-state index >= 15 is 0 Å². The Morgan fingerprint density at radius 1 is 1.26 bits per heavy atom. The van der Waals surface area contributed by atoms with Crippen molar-refractivity contribution in [2.24, 2.45) is 5.92 Å². The lowest BCUT2D eigenvalue weighted by molar-refractivity contribution is 0.0918. The van der Waals surface area contributed by atoms with Crippen molar-refractivity contribution in [1.29, 1.82) is 5.26 Å². The van der Waals surface area contributed by atoms with Crippen molar-refractivity contribution in [3.63, 3.8) is 0 Å². The Morgan fingerprint density at radius 3 is 2.71 bits per heavy atom. The number of nitriles is 1. The van der Waals surface area contributed by atoms with Crippen LogP contribution in [0.25, 0.3) is 11.3 Å². The van der Waals surface area contributed by atoms with Crippen LogP contribution in [0.1, 0.15) is 24.3 Å². The number of hydrogen-bond donors (Lipinski definition) is 2. The van der Waals surface area contributed by atoms with E-state index in [2.05, 4.69) is 21.7 Å². The summed E-state index contributed by atoms with van der Waals surface area (Å²) in [4.78, 5) is 14.5.